The first-order chi connectivity index (χ1) is 14.5. The molecular formula is C24H25N3O2S. The number of nitrogens with two attached hydrogens (primary N) is 1. The van der Waals surface area contributed by atoms with E-state index in [9.17, 15) is 9.59 Å². The number of hydrogen-bond donors (Lipinski definition) is 2. The van der Waals surface area contributed by atoms with Gasteiger partial charge in [-0.1, -0.05) is 60.7 Å². The van der Waals surface area contributed by atoms with Gasteiger partial charge in [0.15, 0.2) is 0 Å². The molecule has 0 aliphatic carbocycles. The molecule has 0 fully saturated rings. The van der Waals surface area contributed by atoms with E-state index in [2.05, 4.69) is 17.3 Å². The number of carbonyl (C=O) groups excluding carboxylic acids is 2. The average molecular weight is 420 g/mol. The Morgan fingerprint density at radius 3 is 2.23 bits per heavy atom. The number of likely N-dealkylation sites (N-methyl/N-ethyl adjacent to an activating group) is 1. The molecule has 0 saturated heterocycles. The first-order valence-corrected chi connectivity index (χ1v) is 10.9. The van der Waals surface area contributed by atoms with Gasteiger partial charge in [-0.3, -0.25) is 9.59 Å². The second kappa shape index (κ2) is 8.81. The molecule has 0 spiro atoms. The molecule has 0 radical (unpaired) electrons. The van der Waals surface area contributed by atoms with Crippen LogP contribution in [-0.4, -0.2) is 30.3 Å². The van der Waals surface area contributed by atoms with Crippen molar-refractivity contribution >= 4 is 28.2 Å². The van der Waals surface area contributed by atoms with Gasteiger partial charge < -0.3 is 16.0 Å². The summed E-state index contributed by atoms with van der Waals surface area (Å²) in [4.78, 5) is 28.5. The van der Waals surface area contributed by atoms with Crippen molar-refractivity contribution < 1.29 is 9.59 Å². The molecule has 6 heteroatoms. The standard InChI is InChI=1S/C24H25N3O2S/c1-27-13-12-18-20(15-27)30-24(22(18)23(25)29)26-21(28)14-19(16-8-4-2-5-9-16)17-10-6-3-7-11-17/h2-11,19H,12-15H2,1H3,(H2,25,29)(H,26,28). The summed E-state index contributed by atoms with van der Waals surface area (Å²) in [6, 6.07) is 20.0. The second-order valence-corrected chi connectivity index (χ2v) is 8.79. The van der Waals surface area contributed by atoms with Gasteiger partial charge in [0, 0.05) is 30.3 Å². The van der Waals surface area contributed by atoms with Crippen LogP contribution in [-0.2, 0) is 17.8 Å². The van der Waals surface area contributed by atoms with Gasteiger partial charge in [-0.15, -0.1) is 11.3 Å². The Bertz CT molecular complexity index is 1010. The maximum atomic E-state index is 13.1. The van der Waals surface area contributed by atoms with Crippen LogP contribution in [0.1, 0.15) is 44.3 Å². The fraction of sp³-hybridized carbons (Fsp3) is 0.250. The van der Waals surface area contributed by atoms with Crippen LogP contribution in [0.3, 0.4) is 0 Å². The molecule has 1 aromatic heterocycles. The molecule has 0 bridgehead atoms. The highest BCUT2D eigenvalue weighted by Gasteiger charge is 2.27. The number of carbonyl (C=O) groups is 2. The van der Waals surface area contributed by atoms with Crippen molar-refractivity contribution in [1.82, 2.24) is 4.90 Å². The average Bonchev–Trinajstić information content (AvgIpc) is 3.10. The summed E-state index contributed by atoms with van der Waals surface area (Å²) in [6.07, 6.45) is 1.06. The number of anilines is 1. The van der Waals surface area contributed by atoms with Crippen molar-refractivity contribution in [2.24, 2.45) is 5.73 Å². The summed E-state index contributed by atoms with van der Waals surface area (Å²) >= 11 is 1.47. The quantitative estimate of drug-likeness (QED) is 0.634. The minimum absolute atomic E-state index is 0.0647. The summed E-state index contributed by atoms with van der Waals surface area (Å²) in [5.74, 6) is -0.665. The van der Waals surface area contributed by atoms with E-state index in [4.69, 9.17) is 5.73 Å². The number of amides is 2. The predicted molar refractivity (Wildman–Crippen MR) is 121 cm³/mol. The van der Waals surface area contributed by atoms with E-state index >= 15 is 0 Å². The van der Waals surface area contributed by atoms with E-state index in [1.807, 2.05) is 60.7 Å². The Hall–Kier alpha value is -2.96. The summed E-state index contributed by atoms with van der Waals surface area (Å²) in [5, 5.41) is 3.57. The molecule has 154 valence electrons. The zero-order chi connectivity index (χ0) is 21.1. The third kappa shape index (κ3) is 4.30. The number of thiophene rings is 1. The molecule has 1 aliphatic heterocycles. The molecule has 0 unspecified atom stereocenters. The maximum Gasteiger partial charge on any atom is 0.251 e. The van der Waals surface area contributed by atoms with Crippen molar-refractivity contribution in [3.63, 3.8) is 0 Å². The molecule has 3 aromatic rings. The molecule has 2 amide bonds. The van der Waals surface area contributed by atoms with E-state index < -0.39 is 5.91 Å². The molecule has 30 heavy (non-hydrogen) atoms. The third-order valence-electron chi connectivity index (χ3n) is 5.54. The molecule has 5 nitrogen and oxygen atoms in total. The lowest BCUT2D eigenvalue weighted by Gasteiger charge is -2.22. The van der Waals surface area contributed by atoms with Crippen molar-refractivity contribution in [3.8, 4) is 0 Å². The van der Waals surface area contributed by atoms with Gasteiger partial charge in [-0.25, -0.2) is 0 Å². The summed E-state index contributed by atoms with van der Waals surface area (Å²) in [5.41, 5.74) is 9.32. The van der Waals surface area contributed by atoms with Crippen molar-refractivity contribution in [2.75, 3.05) is 18.9 Å². The lowest BCUT2D eigenvalue weighted by molar-refractivity contribution is -0.116. The minimum atomic E-state index is -0.477. The molecule has 0 saturated carbocycles. The fourth-order valence-electron chi connectivity index (χ4n) is 4.04. The summed E-state index contributed by atoms with van der Waals surface area (Å²) < 4.78 is 0. The number of rotatable bonds is 6. The van der Waals surface area contributed by atoms with Crippen LogP contribution >= 0.6 is 11.3 Å². The summed E-state index contributed by atoms with van der Waals surface area (Å²) in [7, 11) is 2.05. The highest BCUT2D eigenvalue weighted by atomic mass is 32.1. The van der Waals surface area contributed by atoms with Gasteiger partial charge in [0.25, 0.3) is 5.91 Å². The van der Waals surface area contributed by atoms with E-state index in [-0.39, 0.29) is 18.2 Å². The van der Waals surface area contributed by atoms with Crippen molar-refractivity contribution in [1.29, 1.82) is 0 Å². The first kappa shape index (κ1) is 20.3. The van der Waals surface area contributed by atoms with Gasteiger partial charge in [0.2, 0.25) is 5.91 Å². The normalized spacial score (nSPS) is 13.8. The Balaban J connectivity index is 1.60. The molecule has 0 atom stereocenters. The molecule has 3 N–H and O–H groups in total. The Morgan fingerprint density at radius 1 is 1.07 bits per heavy atom. The van der Waals surface area contributed by atoms with Crippen molar-refractivity contribution in [3.05, 3.63) is 87.8 Å². The Labute approximate surface area is 180 Å². The number of primary amides is 1. The molecule has 1 aliphatic rings. The van der Waals surface area contributed by atoms with E-state index in [0.717, 1.165) is 41.1 Å². The predicted octanol–water partition coefficient (Wildman–Crippen LogP) is 4.00. The van der Waals surface area contributed by atoms with Gasteiger partial charge in [0.05, 0.1) is 5.56 Å². The topological polar surface area (TPSA) is 75.4 Å². The maximum absolute atomic E-state index is 13.1. The number of benzene rings is 2. The van der Waals surface area contributed by atoms with Crippen LogP contribution in [0.15, 0.2) is 60.7 Å². The number of hydrogen-bond acceptors (Lipinski definition) is 4. The second-order valence-electron chi connectivity index (χ2n) is 7.69. The van der Waals surface area contributed by atoms with Gasteiger partial charge in [0.1, 0.15) is 5.00 Å². The minimum Gasteiger partial charge on any atom is -0.365 e. The zero-order valence-electron chi connectivity index (χ0n) is 16.9. The van der Waals surface area contributed by atoms with Gasteiger partial charge >= 0.3 is 0 Å². The van der Waals surface area contributed by atoms with Gasteiger partial charge in [-0.2, -0.15) is 0 Å². The lowest BCUT2D eigenvalue weighted by atomic mass is 9.88. The Kier molecular flexibility index (Phi) is 5.97. The monoisotopic (exact) mass is 419 g/mol. The van der Waals surface area contributed by atoms with Crippen LogP contribution in [0.5, 0.6) is 0 Å². The van der Waals surface area contributed by atoms with Crippen LogP contribution < -0.4 is 11.1 Å². The first-order valence-electron chi connectivity index (χ1n) is 10.1. The van der Waals surface area contributed by atoms with E-state index in [0.29, 0.717) is 10.6 Å². The highest BCUT2D eigenvalue weighted by Crippen LogP contribution is 2.37. The van der Waals surface area contributed by atoms with E-state index in [1.54, 1.807) is 0 Å². The van der Waals surface area contributed by atoms with Gasteiger partial charge in [-0.05, 0) is 30.2 Å². The van der Waals surface area contributed by atoms with E-state index in [1.165, 1.54) is 11.3 Å². The fourth-order valence-corrected chi connectivity index (χ4v) is 5.39. The number of nitrogens with zero attached hydrogens (tertiary/aromatic N) is 1. The van der Waals surface area contributed by atoms with Crippen LogP contribution in [0.2, 0.25) is 0 Å². The number of nitrogens with one attached hydrogen (secondary N) is 1. The molecule has 2 aromatic carbocycles. The smallest absolute Gasteiger partial charge is 0.251 e. The summed E-state index contributed by atoms with van der Waals surface area (Å²) in [6.45, 7) is 1.65. The molecular weight excluding hydrogens is 394 g/mol. The molecule has 2 heterocycles. The Morgan fingerprint density at radius 2 is 1.67 bits per heavy atom. The van der Waals surface area contributed by atoms with Crippen LogP contribution in [0.4, 0.5) is 5.00 Å². The zero-order valence-corrected chi connectivity index (χ0v) is 17.7. The van der Waals surface area contributed by atoms with Crippen LogP contribution in [0, 0.1) is 0 Å². The third-order valence-corrected chi connectivity index (χ3v) is 6.67. The number of fused-ring (bicyclic) bond motifs is 1. The highest BCUT2D eigenvalue weighted by molar-refractivity contribution is 7.17. The van der Waals surface area contributed by atoms with Crippen LogP contribution in [0.25, 0.3) is 0 Å². The van der Waals surface area contributed by atoms with Crippen molar-refractivity contribution in [2.45, 2.75) is 25.3 Å². The SMILES string of the molecule is CN1CCc2c(sc(NC(=O)CC(c3ccccc3)c3ccccc3)c2C(N)=O)C1. The lowest BCUT2D eigenvalue weighted by Crippen LogP contribution is -2.27. The molecule has 4 rings (SSSR count). The largest absolute Gasteiger partial charge is 0.365 e.